The molecule has 2 aromatic carbocycles. The Morgan fingerprint density at radius 1 is 0.950 bits per heavy atom. The highest BCUT2D eigenvalue weighted by Gasteiger charge is 2.22. The molecule has 0 aliphatic heterocycles. The molecule has 0 amide bonds. The molecule has 2 rings (SSSR count). The Balaban J connectivity index is 2.12. The molecule has 3 N–H and O–H groups in total. The minimum Gasteiger partial charge on any atom is -0.378 e. The van der Waals surface area contributed by atoms with Crippen molar-refractivity contribution < 1.29 is 8.78 Å². The largest absolute Gasteiger partial charge is 0.378 e. The Kier molecular flexibility index (Phi) is 4.35. The third-order valence-corrected chi connectivity index (χ3v) is 3.25. The van der Waals surface area contributed by atoms with Crippen molar-refractivity contribution in [3.05, 3.63) is 65.7 Å². The van der Waals surface area contributed by atoms with E-state index in [-0.39, 0.29) is 17.2 Å². The van der Waals surface area contributed by atoms with E-state index >= 15 is 0 Å². The number of benzene rings is 2. The Morgan fingerprint density at radius 3 is 1.95 bits per heavy atom. The van der Waals surface area contributed by atoms with Crippen molar-refractivity contribution in [3.8, 4) is 0 Å². The topological polar surface area (TPSA) is 38.0 Å². The van der Waals surface area contributed by atoms with Crippen LogP contribution in [0.2, 0.25) is 0 Å². The molecule has 0 radical (unpaired) electrons. The lowest BCUT2D eigenvalue weighted by atomic mass is 9.92. The van der Waals surface area contributed by atoms with Crippen LogP contribution in [0.5, 0.6) is 0 Å². The second kappa shape index (κ2) is 6.01. The first-order valence-corrected chi connectivity index (χ1v) is 6.49. The van der Waals surface area contributed by atoms with Crippen LogP contribution in [0.1, 0.15) is 12.5 Å². The number of hydrogen-bond donors (Lipinski definition) is 2. The number of nitrogens with two attached hydrogens (primary N) is 1. The normalized spacial score (nSPS) is 13.8. The van der Waals surface area contributed by atoms with Crippen molar-refractivity contribution in [1.82, 2.24) is 0 Å². The number of nitrogens with one attached hydrogen (secondary N) is 1. The number of rotatable bonds is 5. The van der Waals surface area contributed by atoms with E-state index in [0.717, 1.165) is 11.3 Å². The van der Waals surface area contributed by atoms with Gasteiger partial charge in [-0.15, -0.1) is 0 Å². The molecule has 106 valence electrons. The summed E-state index contributed by atoms with van der Waals surface area (Å²) in [5.74, 6) is -0.529. The monoisotopic (exact) mass is 276 g/mol. The summed E-state index contributed by atoms with van der Waals surface area (Å²) in [6, 6.07) is 12.5. The molecule has 0 saturated heterocycles. The fraction of sp³-hybridized carbons (Fsp3) is 0.250. The molecule has 0 spiro atoms. The lowest BCUT2D eigenvalue weighted by Gasteiger charge is -2.31. The smallest absolute Gasteiger partial charge is 0.123 e. The van der Waals surface area contributed by atoms with Crippen LogP contribution in [0.3, 0.4) is 0 Å². The molecule has 0 aromatic heterocycles. The fourth-order valence-electron chi connectivity index (χ4n) is 2.10. The van der Waals surface area contributed by atoms with E-state index in [0.29, 0.717) is 13.0 Å². The SMILES string of the molecule is CC(CN)(Cc1ccc(F)cc1)Nc1ccc(F)cc1. The van der Waals surface area contributed by atoms with Crippen LogP contribution in [0.4, 0.5) is 14.5 Å². The van der Waals surface area contributed by atoms with E-state index in [1.54, 1.807) is 24.3 Å². The molecule has 0 aliphatic carbocycles. The van der Waals surface area contributed by atoms with Crippen molar-refractivity contribution in [2.24, 2.45) is 5.73 Å². The lowest BCUT2D eigenvalue weighted by molar-refractivity contribution is 0.520. The number of anilines is 1. The van der Waals surface area contributed by atoms with Crippen LogP contribution in [0.15, 0.2) is 48.5 Å². The summed E-state index contributed by atoms with van der Waals surface area (Å²) < 4.78 is 25.8. The third-order valence-electron chi connectivity index (χ3n) is 3.25. The van der Waals surface area contributed by atoms with Crippen LogP contribution in [0, 0.1) is 11.6 Å². The van der Waals surface area contributed by atoms with E-state index < -0.39 is 0 Å². The molecular formula is C16H18F2N2. The average molecular weight is 276 g/mol. The van der Waals surface area contributed by atoms with E-state index in [1.807, 2.05) is 6.92 Å². The third kappa shape index (κ3) is 3.78. The number of halogens is 2. The van der Waals surface area contributed by atoms with Gasteiger partial charge in [0, 0.05) is 12.2 Å². The Bertz CT molecular complexity index is 502. The van der Waals surface area contributed by atoms with Crippen LogP contribution in [-0.2, 0) is 6.42 Å². The molecule has 4 heteroatoms. The van der Waals surface area contributed by atoms with Crippen LogP contribution in [-0.4, -0.2) is 12.1 Å². The van der Waals surface area contributed by atoms with Crippen molar-refractivity contribution in [2.75, 3.05) is 11.9 Å². The second-order valence-electron chi connectivity index (χ2n) is 5.20. The second-order valence-corrected chi connectivity index (χ2v) is 5.20. The van der Waals surface area contributed by atoms with E-state index in [1.165, 1.54) is 24.3 Å². The van der Waals surface area contributed by atoms with E-state index in [9.17, 15) is 8.78 Å². The van der Waals surface area contributed by atoms with Crippen molar-refractivity contribution in [3.63, 3.8) is 0 Å². The van der Waals surface area contributed by atoms with Gasteiger partial charge in [-0.3, -0.25) is 0 Å². The Labute approximate surface area is 117 Å². The highest BCUT2D eigenvalue weighted by Crippen LogP contribution is 2.20. The summed E-state index contributed by atoms with van der Waals surface area (Å²) in [4.78, 5) is 0. The minimum atomic E-state index is -0.379. The maximum absolute atomic E-state index is 12.9. The Morgan fingerprint density at radius 2 is 1.45 bits per heavy atom. The van der Waals surface area contributed by atoms with Gasteiger partial charge >= 0.3 is 0 Å². The standard InChI is InChI=1S/C16H18F2N2/c1-16(11-19,10-12-2-4-13(17)5-3-12)20-15-8-6-14(18)7-9-15/h2-9,20H,10-11,19H2,1H3. The summed E-state index contributed by atoms with van der Waals surface area (Å²) in [7, 11) is 0. The van der Waals surface area contributed by atoms with Gasteiger partial charge in [-0.2, -0.15) is 0 Å². The first kappa shape index (κ1) is 14.5. The quantitative estimate of drug-likeness (QED) is 0.879. The van der Waals surface area contributed by atoms with E-state index in [4.69, 9.17) is 5.73 Å². The van der Waals surface area contributed by atoms with E-state index in [2.05, 4.69) is 5.32 Å². The maximum atomic E-state index is 12.9. The lowest BCUT2D eigenvalue weighted by Crippen LogP contribution is -2.44. The first-order valence-electron chi connectivity index (χ1n) is 6.49. The molecule has 0 saturated carbocycles. The molecule has 20 heavy (non-hydrogen) atoms. The molecule has 1 unspecified atom stereocenters. The van der Waals surface area contributed by atoms with Gasteiger partial charge in [0.05, 0.1) is 5.54 Å². The average Bonchev–Trinajstić information content (AvgIpc) is 2.44. The van der Waals surface area contributed by atoms with Gasteiger partial charge in [-0.05, 0) is 55.3 Å². The summed E-state index contributed by atoms with van der Waals surface area (Å²) in [6.45, 7) is 2.39. The molecule has 2 aromatic rings. The Hall–Kier alpha value is -1.94. The first-order chi connectivity index (χ1) is 9.50. The predicted molar refractivity (Wildman–Crippen MR) is 77.6 cm³/mol. The van der Waals surface area contributed by atoms with Gasteiger partial charge < -0.3 is 11.1 Å². The van der Waals surface area contributed by atoms with Crippen LogP contribution in [0.25, 0.3) is 0 Å². The zero-order chi connectivity index (χ0) is 14.6. The van der Waals surface area contributed by atoms with Gasteiger partial charge in [0.15, 0.2) is 0 Å². The van der Waals surface area contributed by atoms with Gasteiger partial charge in [0.1, 0.15) is 11.6 Å². The molecule has 0 aliphatic rings. The van der Waals surface area contributed by atoms with Crippen LogP contribution >= 0.6 is 0 Å². The highest BCUT2D eigenvalue weighted by molar-refractivity contribution is 5.46. The summed E-state index contributed by atoms with van der Waals surface area (Å²) >= 11 is 0. The predicted octanol–water partition coefficient (Wildman–Crippen LogP) is 3.34. The molecule has 0 heterocycles. The molecule has 1 atom stereocenters. The van der Waals surface area contributed by atoms with Crippen molar-refractivity contribution >= 4 is 5.69 Å². The highest BCUT2D eigenvalue weighted by atomic mass is 19.1. The summed E-state index contributed by atoms with van der Waals surface area (Å²) in [5, 5.41) is 3.31. The van der Waals surface area contributed by atoms with Gasteiger partial charge in [0.25, 0.3) is 0 Å². The van der Waals surface area contributed by atoms with Crippen molar-refractivity contribution in [2.45, 2.75) is 18.9 Å². The van der Waals surface area contributed by atoms with Gasteiger partial charge in [-0.25, -0.2) is 8.78 Å². The minimum absolute atomic E-state index is 0.255. The van der Waals surface area contributed by atoms with Gasteiger partial charge in [-0.1, -0.05) is 12.1 Å². The molecule has 2 nitrogen and oxygen atoms in total. The zero-order valence-electron chi connectivity index (χ0n) is 11.4. The molecule has 0 fully saturated rings. The summed E-state index contributed by atoms with van der Waals surface area (Å²) in [5.41, 5.74) is 7.27. The maximum Gasteiger partial charge on any atom is 0.123 e. The van der Waals surface area contributed by atoms with Crippen LogP contribution < -0.4 is 11.1 Å². The number of hydrogen-bond acceptors (Lipinski definition) is 2. The molecular weight excluding hydrogens is 258 g/mol. The van der Waals surface area contributed by atoms with Crippen molar-refractivity contribution in [1.29, 1.82) is 0 Å². The summed E-state index contributed by atoms with van der Waals surface area (Å²) in [6.07, 6.45) is 0.654. The molecule has 0 bridgehead atoms. The zero-order valence-corrected chi connectivity index (χ0v) is 11.4. The fourth-order valence-corrected chi connectivity index (χ4v) is 2.10. The van der Waals surface area contributed by atoms with Gasteiger partial charge in [0.2, 0.25) is 0 Å².